The van der Waals surface area contributed by atoms with E-state index >= 15 is 0 Å². The Kier molecular flexibility index (Phi) is 3.57. The number of nitrogens with two attached hydrogens (primary N) is 1. The fraction of sp³-hybridized carbons (Fsp3) is 0.308. The zero-order valence-electron chi connectivity index (χ0n) is 10.3. The lowest BCUT2D eigenvalue weighted by atomic mass is 10.0. The third-order valence-electron chi connectivity index (χ3n) is 2.91. The number of pyridine rings is 1. The molecule has 0 aliphatic heterocycles. The normalized spacial score (nSPS) is 12.7. The van der Waals surface area contributed by atoms with Crippen molar-refractivity contribution in [1.82, 2.24) is 10.4 Å². The molecule has 0 saturated heterocycles. The second-order valence-corrected chi connectivity index (χ2v) is 5.14. The van der Waals surface area contributed by atoms with E-state index in [1.807, 2.05) is 19.9 Å². The number of aromatic nitrogens is 1. The summed E-state index contributed by atoms with van der Waals surface area (Å²) in [5.41, 5.74) is 7.36. The van der Waals surface area contributed by atoms with Crippen molar-refractivity contribution in [3.63, 3.8) is 0 Å². The lowest BCUT2D eigenvalue weighted by molar-refractivity contribution is 0.637. The highest BCUT2D eigenvalue weighted by Gasteiger charge is 2.18. The Hall–Kier alpha value is -1.23. The maximum Gasteiger partial charge on any atom is 0.0822 e. The summed E-state index contributed by atoms with van der Waals surface area (Å²) in [6.07, 6.45) is 0. The van der Waals surface area contributed by atoms with E-state index in [0.29, 0.717) is 0 Å². The summed E-state index contributed by atoms with van der Waals surface area (Å²) in [5.74, 6) is 5.70. The number of nitrogens with one attached hydrogen (secondary N) is 1. The van der Waals surface area contributed by atoms with Crippen LogP contribution >= 0.6 is 11.3 Å². The Morgan fingerprint density at radius 2 is 2.00 bits per heavy atom. The van der Waals surface area contributed by atoms with Crippen molar-refractivity contribution in [3.8, 4) is 0 Å². The van der Waals surface area contributed by atoms with Gasteiger partial charge in [-0.15, -0.1) is 11.3 Å². The van der Waals surface area contributed by atoms with Crippen molar-refractivity contribution in [2.45, 2.75) is 26.8 Å². The molecule has 0 aromatic carbocycles. The van der Waals surface area contributed by atoms with Crippen LogP contribution < -0.4 is 11.3 Å². The van der Waals surface area contributed by atoms with Gasteiger partial charge in [0, 0.05) is 16.3 Å². The van der Waals surface area contributed by atoms with Crippen molar-refractivity contribution in [3.05, 3.63) is 51.0 Å². The summed E-state index contributed by atoms with van der Waals surface area (Å²) in [6, 6.07) is 6.27. The summed E-state index contributed by atoms with van der Waals surface area (Å²) in [6.45, 7) is 6.13. The lowest BCUT2D eigenvalue weighted by Crippen LogP contribution is -2.29. The first-order chi connectivity index (χ1) is 8.13. The number of nitrogens with zero attached hydrogens (tertiary/aromatic N) is 1. The van der Waals surface area contributed by atoms with Crippen molar-refractivity contribution >= 4 is 11.3 Å². The predicted octanol–water partition coefficient (Wildman–Crippen LogP) is 2.62. The number of aryl methyl sites for hydroxylation is 3. The molecule has 0 bridgehead atoms. The summed E-state index contributed by atoms with van der Waals surface area (Å²) in [7, 11) is 0. The molecule has 3 nitrogen and oxygen atoms in total. The molecule has 2 rings (SSSR count). The average Bonchev–Trinajstić information content (AvgIpc) is 2.69. The highest BCUT2D eigenvalue weighted by Crippen LogP contribution is 2.30. The molecule has 90 valence electrons. The first-order valence-electron chi connectivity index (χ1n) is 5.57. The molecule has 1 atom stereocenters. The van der Waals surface area contributed by atoms with Crippen LogP contribution in [0.25, 0.3) is 0 Å². The maximum atomic E-state index is 5.70. The molecule has 0 spiro atoms. The third-order valence-corrected chi connectivity index (χ3v) is 3.99. The number of thiophene rings is 1. The third kappa shape index (κ3) is 2.39. The Balaban J connectivity index is 2.46. The van der Waals surface area contributed by atoms with Gasteiger partial charge in [0.2, 0.25) is 0 Å². The molecule has 2 heterocycles. The first-order valence-corrected chi connectivity index (χ1v) is 6.45. The van der Waals surface area contributed by atoms with Gasteiger partial charge < -0.3 is 0 Å². The topological polar surface area (TPSA) is 50.9 Å². The molecule has 17 heavy (non-hydrogen) atoms. The maximum absolute atomic E-state index is 5.70. The van der Waals surface area contributed by atoms with Gasteiger partial charge in [-0.1, -0.05) is 6.07 Å². The molecule has 1 unspecified atom stereocenters. The zero-order valence-corrected chi connectivity index (χ0v) is 11.1. The van der Waals surface area contributed by atoms with Crippen molar-refractivity contribution in [2.24, 2.45) is 5.84 Å². The van der Waals surface area contributed by atoms with Crippen LogP contribution in [0.2, 0.25) is 0 Å². The highest BCUT2D eigenvalue weighted by atomic mass is 32.1. The van der Waals surface area contributed by atoms with Gasteiger partial charge >= 0.3 is 0 Å². The van der Waals surface area contributed by atoms with Crippen molar-refractivity contribution in [1.29, 1.82) is 0 Å². The molecule has 4 heteroatoms. The van der Waals surface area contributed by atoms with Gasteiger partial charge in [-0.2, -0.15) is 0 Å². The lowest BCUT2D eigenvalue weighted by Gasteiger charge is -2.18. The van der Waals surface area contributed by atoms with Gasteiger partial charge in [0.25, 0.3) is 0 Å². The number of hydrogen-bond donors (Lipinski definition) is 2. The molecule has 0 amide bonds. The van der Waals surface area contributed by atoms with E-state index in [2.05, 4.69) is 34.8 Å². The number of rotatable bonds is 3. The Morgan fingerprint density at radius 1 is 1.24 bits per heavy atom. The molecule has 0 saturated carbocycles. The fourth-order valence-corrected chi connectivity index (χ4v) is 2.99. The van der Waals surface area contributed by atoms with Crippen LogP contribution in [0.3, 0.4) is 0 Å². The predicted molar refractivity (Wildman–Crippen MR) is 71.9 cm³/mol. The fourth-order valence-electron chi connectivity index (χ4n) is 1.99. The monoisotopic (exact) mass is 247 g/mol. The van der Waals surface area contributed by atoms with E-state index in [1.54, 1.807) is 11.3 Å². The molecule has 0 aliphatic rings. The average molecular weight is 247 g/mol. The van der Waals surface area contributed by atoms with Crippen LogP contribution in [-0.4, -0.2) is 4.98 Å². The van der Waals surface area contributed by atoms with Gasteiger partial charge in [-0.05, 0) is 49.4 Å². The largest absolute Gasteiger partial charge is 0.271 e. The standard InChI is InChI=1S/C13H17N3S/c1-8-6-7-17-13(8)12(16-14)11-5-4-9(2)15-10(11)3/h4-7,12,16H,14H2,1-3H3. The highest BCUT2D eigenvalue weighted by molar-refractivity contribution is 7.10. The Morgan fingerprint density at radius 3 is 2.53 bits per heavy atom. The SMILES string of the molecule is Cc1ccc(C(NN)c2sccc2C)c(C)n1. The molecular weight excluding hydrogens is 230 g/mol. The van der Waals surface area contributed by atoms with Gasteiger partial charge in [-0.25, -0.2) is 5.43 Å². The van der Waals surface area contributed by atoms with E-state index in [1.165, 1.54) is 10.4 Å². The van der Waals surface area contributed by atoms with Gasteiger partial charge in [0.15, 0.2) is 0 Å². The number of hydrogen-bond acceptors (Lipinski definition) is 4. The van der Waals surface area contributed by atoms with Gasteiger partial charge in [0.1, 0.15) is 0 Å². The van der Waals surface area contributed by atoms with Crippen LogP contribution in [0.15, 0.2) is 23.6 Å². The molecule has 0 radical (unpaired) electrons. The zero-order chi connectivity index (χ0) is 12.4. The van der Waals surface area contributed by atoms with Crippen LogP contribution in [0.4, 0.5) is 0 Å². The van der Waals surface area contributed by atoms with Crippen LogP contribution in [0.5, 0.6) is 0 Å². The quantitative estimate of drug-likeness (QED) is 0.647. The second kappa shape index (κ2) is 4.96. The van der Waals surface area contributed by atoms with E-state index in [9.17, 15) is 0 Å². The molecule has 2 aromatic rings. The minimum Gasteiger partial charge on any atom is -0.271 e. The Bertz CT molecular complexity index is 519. The van der Waals surface area contributed by atoms with Crippen LogP contribution in [0.1, 0.15) is 33.4 Å². The minimum absolute atomic E-state index is 0.0306. The summed E-state index contributed by atoms with van der Waals surface area (Å²) < 4.78 is 0. The molecule has 0 aliphatic carbocycles. The van der Waals surface area contributed by atoms with Gasteiger partial charge in [-0.3, -0.25) is 10.8 Å². The molecule has 2 aromatic heterocycles. The number of hydrazine groups is 1. The van der Waals surface area contributed by atoms with E-state index in [4.69, 9.17) is 5.84 Å². The molecular formula is C13H17N3S. The van der Waals surface area contributed by atoms with Crippen LogP contribution in [-0.2, 0) is 0 Å². The molecule has 0 fully saturated rings. The Labute approximate surface area is 106 Å². The van der Waals surface area contributed by atoms with Gasteiger partial charge in [0.05, 0.1) is 6.04 Å². The van der Waals surface area contributed by atoms with E-state index in [-0.39, 0.29) is 6.04 Å². The minimum atomic E-state index is 0.0306. The summed E-state index contributed by atoms with van der Waals surface area (Å²) in [5, 5.41) is 2.09. The summed E-state index contributed by atoms with van der Waals surface area (Å²) >= 11 is 1.72. The summed E-state index contributed by atoms with van der Waals surface area (Å²) in [4.78, 5) is 5.74. The van der Waals surface area contributed by atoms with Crippen LogP contribution in [0, 0.1) is 20.8 Å². The second-order valence-electron chi connectivity index (χ2n) is 4.19. The first kappa shape index (κ1) is 12.2. The van der Waals surface area contributed by atoms with E-state index in [0.717, 1.165) is 17.0 Å². The van der Waals surface area contributed by atoms with E-state index < -0.39 is 0 Å². The molecule has 3 N–H and O–H groups in total. The van der Waals surface area contributed by atoms with Crippen molar-refractivity contribution in [2.75, 3.05) is 0 Å². The smallest absolute Gasteiger partial charge is 0.0822 e. The van der Waals surface area contributed by atoms with Crippen molar-refractivity contribution < 1.29 is 0 Å².